The van der Waals surface area contributed by atoms with Gasteiger partial charge in [0.25, 0.3) is 0 Å². The molecule has 0 spiro atoms. The maximum Gasteiger partial charge on any atom is 0.159 e. The number of thiocarbonyl (C=S) groups is 1. The van der Waals surface area contributed by atoms with Gasteiger partial charge in [0.15, 0.2) is 5.82 Å². The molecule has 3 N–H and O–H groups in total. The van der Waals surface area contributed by atoms with Crippen LogP contribution >= 0.6 is 12.2 Å². The average Bonchev–Trinajstić information content (AvgIpc) is 2.79. The van der Waals surface area contributed by atoms with Gasteiger partial charge in [-0.15, -0.1) is 5.10 Å². The Labute approximate surface area is 123 Å². The first-order valence-corrected chi connectivity index (χ1v) is 6.75. The number of hydrogen-bond donors (Lipinski definition) is 2. The van der Waals surface area contributed by atoms with Crippen molar-refractivity contribution in [1.82, 2.24) is 20.0 Å². The molecule has 0 atom stereocenters. The molecule has 0 radical (unpaired) electrons. The van der Waals surface area contributed by atoms with Crippen molar-refractivity contribution in [3.63, 3.8) is 0 Å². The Kier molecular flexibility index (Phi) is 4.29. The second kappa shape index (κ2) is 5.96. The Balaban J connectivity index is 2.09. The van der Waals surface area contributed by atoms with Gasteiger partial charge in [-0.25, -0.2) is 0 Å². The van der Waals surface area contributed by atoms with Gasteiger partial charge in [-0.1, -0.05) is 12.2 Å². The molecule has 0 bridgehead atoms. The first kappa shape index (κ1) is 14.4. The predicted octanol–water partition coefficient (Wildman–Crippen LogP) is 1.12. The zero-order chi connectivity index (χ0) is 14.7. The van der Waals surface area contributed by atoms with Gasteiger partial charge in [0.1, 0.15) is 4.99 Å². The molecule has 0 aliphatic heterocycles. The summed E-state index contributed by atoms with van der Waals surface area (Å²) in [6.07, 6.45) is 4.68. The van der Waals surface area contributed by atoms with Gasteiger partial charge in [0.2, 0.25) is 0 Å². The Bertz CT molecular complexity index is 634. The molecule has 0 aliphatic carbocycles. The molecule has 0 saturated heterocycles. The van der Waals surface area contributed by atoms with E-state index in [1.807, 2.05) is 33.3 Å². The lowest BCUT2D eigenvalue weighted by Gasteiger charge is -2.12. The highest BCUT2D eigenvalue weighted by Crippen LogP contribution is 2.18. The van der Waals surface area contributed by atoms with Crippen LogP contribution < -0.4 is 11.1 Å². The van der Waals surface area contributed by atoms with Gasteiger partial charge in [0, 0.05) is 19.8 Å². The molecular formula is C13H18N6S. The normalized spacial score (nSPS) is 10.6. The molecule has 0 amide bonds. The van der Waals surface area contributed by atoms with Crippen LogP contribution in [-0.4, -0.2) is 31.5 Å². The molecule has 2 rings (SSSR count). The Hall–Kier alpha value is -2.02. The van der Waals surface area contributed by atoms with Crippen LogP contribution in [0, 0.1) is 13.8 Å². The standard InChI is InChI=1S/C13H18N6S/c1-8-9(2)17-18-13(11(8)12(14)20)15-5-4-10-6-16-19(3)7-10/h6-7H,4-5H2,1-3H3,(H2,14,20)(H,15,18). The maximum atomic E-state index is 5.78. The van der Waals surface area contributed by atoms with Gasteiger partial charge in [-0.05, 0) is 31.4 Å². The monoisotopic (exact) mass is 290 g/mol. The van der Waals surface area contributed by atoms with E-state index in [1.54, 1.807) is 4.68 Å². The molecule has 106 valence electrons. The van der Waals surface area contributed by atoms with Gasteiger partial charge in [0.05, 0.1) is 17.5 Å². The van der Waals surface area contributed by atoms with Crippen molar-refractivity contribution in [3.8, 4) is 0 Å². The van der Waals surface area contributed by atoms with Crippen LogP contribution in [0.25, 0.3) is 0 Å². The van der Waals surface area contributed by atoms with Gasteiger partial charge < -0.3 is 11.1 Å². The minimum absolute atomic E-state index is 0.337. The summed E-state index contributed by atoms with van der Waals surface area (Å²) < 4.78 is 1.78. The number of anilines is 1. The largest absolute Gasteiger partial charge is 0.389 e. The van der Waals surface area contributed by atoms with Gasteiger partial charge >= 0.3 is 0 Å². The molecule has 2 heterocycles. The van der Waals surface area contributed by atoms with E-state index in [0.717, 1.165) is 35.3 Å². The summed E-state index contributed by atoms with van der Waals surface area (Å²) in [5.74, 6) is 0.643. The van der Waals surface area contributed by atoms with E-state index in [1.165, 1.54) is 0 Å². The van der Waals surface area contributed by atoms with E-state index in [9.17, 15) is 0 Å². The minimum atomic E-state index is 0.337. The summed E-state index contributed by atoms with van der Waals surface area (Å²) in [6.45, 7) is 4.56. The zero-order valence-corrected chi connectivity index (χ0v) is 12.7. The Morgan fingerprint density at radius 2 is 2.15 bits per heavy atom. The minimum Gasteiger partial charge on any atom is -0.389 e. The molecule has 0 aliphatic rings. The quantitative estimate of drug-likeness (QED) is 0.803. The summed E-state index contributed by atoms with van der Waals surface area (Å²) in [5.41, 5.74) is 9.53. The van der Waals surface area contributed by atoms with Crippen molar-refractivity contribution in [3.05, 3.63) is 34.8 Å². The highest BCUT2D eigenvalue weighted by Gasteiger charge is 2.13. The predicted molar refractivity (Wildman–Crippen MR) is 82.8 cm³/mol. The van der Waals surface area contributed by atoms with Crippen molar-refractivity contribution in [2.75, 3.05) is 11.9 Å². The van der Waals surface area contributed by atoms with Gasteiger partial charge in [-0.3, -0.25) is 4.68 Å². The molecule has 6 nitrogen and oxygen atoms in total. The smallest absolute Gasteiger partial charge is 0.159 e. The van der Waals surface area contributed by atoms with Crippen LogP contribution in [0.2, 0.25) is 0 Å². The molecule has 20 heavy (non-hydrogen) atoms. The fourth-order valence-corrected chi connectivity index (χ4v) is 2.21. The molecular weight excluding hydrogens is 272 g/mol. The molecule has 2 aromatic heterocycles. The number of aromatic nitrogens is 4. The molecule has 0 saturated carbocycles. The second-order valence-electron chi connectivity index (χ2n) is 4.70. The van der Waals surface area contributed by atoms with Crippen molar-refractivity contribution in [2.45, 2.75) is 20.3 Å². The van der Waals surface area contributed by atoms with Crippen molar-refractivity contribution >= 4 is 23.0 Å². The third kappa shape index (κ3) is 3.11. The average molecular weight is 290 g/mol. The zero-order valence-electron chi connectivity index (χ0n) is 11.8. The van der Waals surface area contributed by atoms with E-state index in [-0.39, 0.29) is 0 Å². The summed E-state index contributed by atoms with van der Waals surface area (Å²) >= 11 is 5.10. The number of nitrogens with two attached hydrogens (primary N) is 1. The van der Waals surface area contributed by atoms with Crippen molar-refractivity contribution in [1.29, 1.82) is 0 Å². The number of nitrogens with zero attached hydrogens (tertiary/aromatic N) is 4. The van der Waals surface area contributed by atoms with Crippen molar-refractivity contribution in [2.24, 2.45) is 12.8 Å². The molecule has 0 fully saturated rings. The molecule has 7 heteroatoms. The van der Waals surface area contributed by atoms with Gasteiger partial charge in [-0.2, -0.15) is 10.2 Å². The van der Waals surface area contributed by atoms with E-state index < -0.39 is 0 Å². The van der Waals surface area contributed by atoms with Crippen LogP contribution in [0.4, 0.5) is 5.82 Å². The van der Waals surface area contributed by atoms with Crippen LogP contribution in [0.5, 0.6) is 0 Å². The SMILES string of the molecule is Cc1nnc(NCCc2cnn(C)c2)c(C(N)=S)c1C. The maximum absolute atomic E-state index is 5.78. The Morgan fingerprint density at radius 3 is 2.75 bits per heavy atom. The lowest BCUT2D eigenvalue weighted by atomic mass is 10.1. The van der Waals surface area contributed by atoms with Crippen LogP contribution in [0.3, 0.4) is 0 Å². The van der Waals surface area contributed by atoms with Crippen LogP contribution in [0.15, 0.2) is 12.4 Å². The summed E-state index contributed by atoms with van der Waals surface area (Å²) in [4.78, 5) is 0.337. The summed E-state index contributed by atoms with van der Waals surface area (Å²) in [7, 11) is 1.90. The third-order valence-electron chi connectivity index (χ3n) is 3.17. The second-order valence-corrected chi connectivity index (χ2v) is 5.14. The first-order valence-electron chi connectivity index (χ1n) is 6.34. The molecule has 0 unspecified atom stereocenters. The number of hydrogen-bond acceptors (Lipinski definition) is 5. The van der Waals surface area contributed by atoms with E-state index >= 15 is 0 Å². The van der Waals surface area contributed by atoms with E-state index in [0.29, 0.717) is 10.8 Å². The lowest BCUT2D eigenvalue weighted by molar-refractivity contribution is 0.766. The number of rotatable bonds is 5. The number of aryl methyl sites for hydroxylation is 2. The van der Waals surface area contributed by atoms with Crippen LogP contribution in [0.1, 0.15) is 22.4 Å². The fraction of sp³-hybridized carbons (Fsp3) is 0.385. The highest BCUT2D eigenvalue weighted by molar-refractivity contribution is 7.80. The molecule has 2 aromatic rings. The topological polar surface area (TPSA) is 81.7 Å². The van der Waals surface area contributed by atoms with E-state index in [4.69, 9.17) is 18.0 Å². The Morgan fingerprint density at radius 1 is 1.40 bits per heavy atom. The fourth-order valence-electron chi connectivity index (χ4n) is 1.96. The van der Waals surface area contributed by atoms with Crippen molar-refractivity contribution < 1.29 is 0 Å². The lowest BCUT2D eigenvalue weighted by Crippen LogP contribution is -2.19. The van der Waals surface area contributed by atoms with Crippen LogP contribution in [-0.2, 0) is 13.5 Å². The third-order valence-corrected chi connectivity index (χ3v) is 3.37. The summed E-state index contributed by atoms with van der Waals surface area (Å²) in [6, 6.07) is 0. The van der Waals surface area contributed by atoms with E-state index in [2.05, 4.69) is 20.6 Å². The summed E-state index contributed by atoms with van der Waals surface area (Å²) in [5, 5.41) is 15.6. The highest BCUT2D eigenvalue weighted by atomic mass is 32.1. The molecule has 0 aromatic carbocycles. The first-order chi connectivity index (χ1) is 9.49. The number of nitrogens with one attached hydrogen (secondary N) is 1.